The highest BCUT2D eigenvalue weighted by Gasteiger charge is 2.57. The molecule has 17 heavy (non-hydrogen) atoms. The van der Waals surface area contributed by atoms with Crippen LogP contribution in [0.15, 0.2) is 22.3 Å². The molecule has 0 aromatic carbocycles. The fraction of sp³-hybridized carbons (Fsp3) is 0.643. The molecule has 0 amide bonds. The zero-order chi connectivity index (χ0) is 12.4. The number of rotatable bonds is 0. The largest absolute Gasteiger partial charge is 0.340 e. The smallest absolute Gasteiger partial charge is 0.215 e. The summed E-state index contributed by atoms with van der Waals surface area (Å²) in [5.74, 6) is -0.583. The van der Waals surface area contributed by atoms with Gasteiger partial charge in [-0.25, -0.2) is 0 Å². The van der Waals surface area contributed by atoms with Crippen LogP contribution in [0.25, 0.3) is 0 Å². The molecule has 3 nitrogen and oxygen atoms in total. The van der Waals surface area contributed by atoms with Gasteiger partial charge in [0.1, 0.15) is 0 Å². The van der Waals surface area contributed by atoms with Gasteiger partial charge >= 0.3 is 0 Å². The molecule has 0 N–H and O–H groups in total. The summed E-state index contributed by atoms with van der Waals surface area (Å²) >= 11 is 0. The van der Waals surface area contributed by atoms with Crippen molar-refractivity contribution >= 4 is 5.78 Å². The first kappa shape index (κ1) is 11.2. The van der Waals surface area contributed by atoms with Gasteiger partial charge in [0, 0.05) is 16.7 Å². The molecule has 2 fully saturated rings. The lowest BCUT2D eigenvalue weighted by Gasteiger charge is -2.42. The van der Waals surface area contributed by atoms with E-state index in [-0.39, 0.29) is 11.4 Å². The number of carbonyl (C=O) groups excluding carboxylic acids is 1. The van der Waals surface area contributed by atoms with Gasteiger partial charge in [0.05, 0.1) is 12.2 Å². The number of Topliss-reactive ketones (excluding diaryl/α,β-unsaturated/α-hetero) is 1. The van der Waals surface area contributed by atoms with Crippen molar-refractivity contribution in [3.8, 4) is 0 Å². The summed E-state index contributed by atoms with van der Waals surface area (Å²) in [6.07, 6.45) is 1.83. The Morgan fingerprint density at radius 2 is 1.88 bits per heavy atom. The molecule has 0 aromatic rings. The third-order valence-corrected chi connectivity index (χ3v) is 4.46. The number of carbonyl (C=O) groups is 1. The maximum absolute atomic E-state index is 12.1. The number of hydrogen-bond acceptors (Lipinski definition) is 3. The highest BCUT2D eigenvalue weighted by atomic mass is 16.8. The van der Waals surface area contributed by atoms with Crippen LogP contribution in [-0.2, 0) is 14.3 Å². The van der Waals surface area contributed by atoms with Crippen LogP contribution in [-0.4, -0.2) is 23.8 Å². The molecule has 2 aliphatic heterocycles. The molecule has 0 aromatic heterocycles. The minimum Gasteiger partial charge on any atom is -0.340 e. The second-order valence-corrected chi connectivity index (χ2v) is 5.64. The predicted molar refractivity (Wildman–Crippen MR) is 63.5 cm³/mol. The standard InChI is InChI=1S/C14H18O3/c1-8-10(3)14-11(9(2)12(8)15)5-6-13(4,17-14)7-16-14/h5-7H2,1-4H3/t13-,14+/m0/s1. The number of fused-ring (bicyclic) bond motifs is 1. The van der Waals surface area contributed by atoms with Crippen molar-refractivity contribution < 1.29 is 14.3 Å². The fourth-order valence-electron chi connectivity index (χ4n) is 3.17. The van der Waals surface area contributed by atoms with E-state index in [0.717, 1.165) is 35.1 Å². The Balaban J connectivity index is 2.21. The van der Waals surface area contributed by atoms with E-state index in [4.69, 9.17) is 9.47 Å². The van der Waals surface area contributed by atoms with Crippen LogP contribution < -0.4 is 0 Å². The molecule has 3 aliphatic rings. The van der Waals surface area contributed by atoms with Crippen molar-refractivity contribution in [2.75, 3.05) is 6.61 Å². The van der Waals surface area contributed by atoms with Gasteiger partial charge < -0.3 is 9.47 Å². The summed E-state index contributed by atoms with van der Waals surface area (Å²) in [6.45, 7) is 8.42. The Morgan fingerprint density at radius 3 is 2.59 bits per heavy atom. The lowest BCUT2D eigenvalue weighted by molar-refractivity contribution is -0.151. The topological polar surface area (TPSA) is 35.5 Å². The van der Waals surface area contributed by atoms with E-state index in [1.54, 1.807) is 0 Å². The van der Waals surface area contributed by atoms with E-state index in [1.807, 2.05) is 20.8 Å². The molecule has 2 saturated heterocycles. The van der Waals surface area contributed by atoms with Gasteiger partial charge in [0.25, 0.3) is 0 Å². The molecule has 92 valence electrons. The molecule has 0 saturated carbocycles. The Hall–Kier alpha value is -0.930. The van der Waals surface area contributed by atoms with Crippen LogP contribution in [0, 0.1) is 0 Å². The third kappa shape index (κ3) is 1.21. The second kappa shape index (κ2) is 3.09. The first-order valence-electron chi connectivity index (χ1n) is 6.17. The first-order chi connectivity index (χ1) is 7.90. The summed E-state index contributed by atoms with van der Waals surface area (Å²) in [7, 11) is 0. The van der Waals surface area contributed by atoms with Crippen LogP contribution in [0.5, 0.6) is 0 Å². The Kier molecular flexibility index (Phi) is 2.03. The normalized spacial score (nSPS) is 41.1. The zero-order valence-electron chi connectivity index (χ0n) is 10.8. The molecule has 2 atom stereocenters. The van der Waals surface area contributed by atoms with Gasteiger partial charge in [-0.1, -0.05) is 0 Å². The number of hydrogen-bond donors (Lipinski definition) is 0. The van der Waals surface area contributed by atoms with Crippen LogP contribution in [0.1, 0.15) is 40.5 Å². The number of allylic oxidation sites excluding steroid dienone is 2. The molecule has 2 heterocycles. The maximum Gasteiger partial charge on any atom is 0.215 e. The highest BCUT2D eigenvalue weighted by Crippen LogP contribution is 2.53. The van der Waals surface area contributed by atoms with Crippen LogP contribution in [0.2, 0.25) is 0 Å². The monoisotopic (exact) mass is 234 g/mol. The maximum atomic E-state index is 12.1. The van der Waals surface area contributed by atoms with Gasteiger partial charge in [-0.15, -0.1) is 0 Å². The lowest BCUT2D eigenvalue weighted by atomic mass is 9.77. The van der Waals surface area contributed by atoms with Crippen molar-refractivity contribution in [3.63, 3.8) is 0 Å². The minimum absolute atomic E-state index is 0.144. The van der Waals surface area contributed by atoms with E-state index in [0.29, 0.717) is 6.61 Å². The molecule has 0 radical (unpaired) electrons. The summed E-state index contributed by atoms with van der Waals surface area (Å²) < 4.78 is 12.2. The van der Waals surface area contributed by atoms with Crippen molar-refractivity contribution in [2.24, 2.45) is 0 Å². The average molecular weight is 234 g/mol. The Morgan fingerprint density at radius 1 is 1.18 bits per heavy atom. The highest BCUT2D eigenvalue weighted by molar-refractivity contribution is 6.10. The lowest BCUT2D eigenvalue weighted by Crippen LogP contribution is -2.45. The van der Waals surface area contributed by atoms with E-state index in [2.05, 4.69) is 6.92 Å². The summed E-state index contributed by atoms with van der Waals surface area (Å²) in [5, 5.41) is 0. The van der Waals surface area contributed by atoms with E-state index >= 15 is 0 Å². The van der Waals surface area contributed by atoms with Crippen LogP contribution in [0.3, 0.4) is 0 Å². The van der Waals surface area contributed by atoms with Crippen molar-refractivity contribution in [1.29, 1.82) is 0 Å². The first-order valence-corrected chi connectivity index (χ1v) is 6.17. The fourth-order valence-corrected chi connectivity index (χ4v) is 3.17. The second-order valence-electron chi connectivity index (χ2n) is 5.64. The Bertz CT molecular complexity index is 486. The molecule has 1 aliphatic carbocycles. The van der Waals surface area contributed by atoms with Gasteiger partial charge in [0.15, 0.2) is 5.78 Å². The SMILES string of the molecule is CC1=C(C)[C@]23OC[C@](C)(CCC2=C(C)C1=O)O3. The molecular formula is C14H18O3. The predicted octanol–water partition coefficient (Wildman–Crippen LogP) is 2.52. The van der Waals surface area contributed by atoms with Crippen molar-refractivity contribution in [3.05, 3.63) is 22.3 Å². The van der Waals surface area contributed by atoms with Gasteiger partial charge in [-0.05, 0) is 46.1 Å². The number of ketones is 1. The Labute approximate surface area is 101 Å². The van der Waals surface area contributed by atoms with Gasteiger partial charge in [-0.3, -0.25) is 4.79 Å². The molecule has 2 bridgehead atoms. The van der Waals surface area contributed by atoms with Crippen LogP contribution >= 0.6 is 0 Å². The minimum atomic E-state index is -0.727. The van der Waals surface area contributed by atoms with Gasteiger partial charge in [0.2, 0.25) is 5.79 Å². The third-order valence-electron chi connectivity index (χ3n) is 4.46. The van der Waals surface area contributed by atoms with E-state index < -0.39 is 5.79 Å². The summed E-state index contributed by atoms with van der Waals surface area (Å²) in [6, 6.07) is 0. The number of ether oxygens (including phenoxy) is 2. The van der Waals surface area contributed by atoms with Crippen molar-refractivity contribution in [2.45, 2.75) is 51.9 Å². The van der Waals surface area contributed by atoms with E-state index in [9.17, 15) is 4.79 Å². The summed E-state index contributed by atoms with van der Waals surface area (Å²) in [5.41, 5.74) is 3.38. The average Bonchev–Trinajstić information content (AvgIpc) is 2.58. The molecule has 1 spiro atoms. The summed E-state index contributed by atoms with van der Waals surface area (Å²) in [4.78, 5) is 12.1. The molecule has 0 unspecified atom stereocenters. The molecule has 3 rings (SSSR count). The zero-order valence-corrected chi connectivity index (χ0v) is 10.8. The van der Waals surface area contributed by atoms with Crippen molar-refractivity contribution in [1.82, 2.24) is 0 Å². The van der Waals surface area contributed by atoms with E-state index in [1.165, 1.54) is 0 Å². The quantitative estimate of drug-likeness (QED) is 0.646. The van der Waals surface area contributed by atoms with Crippen LogP contribution in [0.4, 0.5) is 0 Å². The molecule has 3 heteroatoms. The molecular weight excluding hydrogens is 216 g/mol. The van der Waals surface area contributed by atoms with Gasteiger partial charge in [-0.2, -0.15) is 0 Å².